The summed E-state index contributed by atoms with van der Waals surface area (Å²) in [6.45, 7) is 2.14. The molecule has 158 valence electrons. The number of H-pyrrole nitrogens is 1. The van der Waals surface area contributed by atoms with Crippen LogP contribution < -0.4 is 0 Å². The molecule has 1 spiro atoms. The number of hydrogen-bond acceptors (Lipinski definition) is 5. The second-order valence-corrected chi connectivity index (χ2v) is 8.91. The number of amides is 2. The summed E-state index contributed by atoms with van der Waals surface area (Å²) in [6.07, 6.45) is 3.64. The summed E-state index contributed by atoms with van der Waals surface area (Å²) in [6, 6.07) is -0.352. The summed E-state index contributed by atoms with van der Waals surface area (Å²) in [5.74, 6) is -3.69. The predicted molar refractivity (Wildman–Crippen MR) is 96.1 cm³/mol. The van der Waals surface area contributed by atoms with Crippen LogP contribution >= 0.6 is 0 Å². The molecule has 1 aromatic heterocycles. The van der Waals surface area contributed by atoms with Crippen LogP contribution in [0, 0.1) is 17.3 Å². The third kappa shape index (κ3) is 3.03. The Labute approximate surface area is 167 Å². The van der Waals surface area contributed by atoms with Crippen LogP contribution in [-0.2, 0) is 9.53 Å². The lowest BCUT2D eigenvalue weighted by atomic mass is 9.65. The number of ether oxygens (including phenoxy) is 1. The molecule has 0 aromatic carbocycles. The van der Waals surface area contributed by atoms with Gasteiger partial charge < -0.3 is 14.5 Å². The first-order valence-corrected chi connectivity index (χ1v) is 10.3. The van der Waals surface area contributed by atoms with Crippen LogP contribution in [0.3, 0.4) is 0 Å². The van der Waals surface area contributed by atoms with Crippen LogP contribution in [-0.4, -0.2) is 81.6 Å². The Kier molecular flexibility index (Phi) is 4.38. The lowest BCUT2D eigenvalue weighted by Gasteiger charge is -2.49. The van der Waals surface area contributed by atoms with Gasteiger partial charge >= 0.3 is 0 Å². The SMILES string of the molecule is O=C(c1ncn[nH]1)N1CCC2(CCOC[C@H]2C(=O)N2C[C@H]3C[C@H]2CC3(F)F)CC1. The summed E-state index contributed by atoms with van der Waals surface area (Å²) in [5.41, 5.74) is -0.238. The Morgan fingerprint density at radius 3 is 2.66 bits per heavy atom. The van der Waals surface area contributed by atoms with Crippen LogP contribution in [0.4, 0.5) is 8.78 Å². The zero-order chi connectivity index (χ0) is 20.2. The van der Waals surface area contributed by atoms with E-state index >= 15 is 0 Å². The number of nitrogens with one attached hydrogen (secondary N) is 1. The van der Waals surface area contributed by atoms with Crippen molar-refractivity contribution in [3.05, 3.63) is 12.2 Å². The maximum absolute atomic E-state index is 13.9. The van der Waals surface area contributed by atoms with E-state index in [2.05, 4.69) is 15.2 Å². The number of piperidine rings is 2. The van der Waals surface area contributed by atoms with Gasteiger partial charge in [0, 0.05) is 44.6 Å². The Hall–Kier alpha value is -2.10. The average Bonchev–Trinajstić information content (AvgIpc) is 3.43. The van der Waals surface area contributed by atoms with Crippen LogP contribution in [0.2, 0.25) is 0 Å². The molecule has 4 aliphatic rings. The zero-order valence-electron chi connectivity index (χ0n) is 16.1. The van der Waals surface area contributed by atoms with Crippen molar-refractivity contribution in [2.24, 2.45) is 17.3 Å². The Morgan fingerprint density at radius 1 is 1.24 bits per heavy atom. The molecule has 10 heteroatoms. The summed E-state index contributed by atoms with van der Waals surface area (Å²) < 4.78 is 33.4. The van der Waals surface area contributed by atoms with Crippen molar-refractivity contribution in [2.75, 3.05) is 32.8 Å². The molecular weight excluding hydrogens is 384 g/mol. The van der Waals surface area contributed by atoms with E-state index in [1.165, 1.54) is 6.33 Å². The first-order valence-electron chi connectivity index (χ1n) is 10.3. The Morgan fingerprint density at radius 2 is 2.03 bits per heavy atom. The molecule has 4 fully saturated rings. The molecule has 1 saturated carbocycles. The third-order valence-corrected chi connectivity index (χ3v) is 7.53. The average molecular weight is 409 g/mol. The van der Waals surface area contributed by atoms with E-state index in [1.54, 1.807) is 9.80 Å². The molecule has 3 saturated heterocycles. The fraction of sp³-hybridized carbons (Fsp3) is 0.789. The molecule has 5 rings (SSSR count). The number of carbonyl (C=O) groups excluding carboxylic acids is 2. The van der Waals surface area contributed by atoms with Crippen LogP contribution in [0.15, 0.2) is 6.33 Å². The number of carbonyl (C=O) groups is 2. The lowest BCUT2D eigenvalue weighted by molar-refractivity contribution is -0.158. The number of halogens is 2. The number of fused-ring (bicyclic) bond motifs is 2. The Bertz CT molecular complexity index is 794. The summed E-state index contributed by atoms with van der Waals surface area (Å²) in [5, 5.41) is 6.32. The highest BCUT2D eigenvalue weighted by Crippen LogP contribution is 2.51. The largest absolute Gasteiger partial charge is 0.381 e. The Balaban J connectivity index is 1.29. The number of likely N-dealkylation sites (tertiary alicyclic amines) is 2. The van der Waals surface area contributed by atoms with E-state index in [-0.39, 0.29) is 48.0 Å². The first kappa shape index (κ1) is 18.9. The van der Waals surface area contributed by atoms with Crippen LogP contribution in [0.1, 0.15) is 42.7 Å². The van der Waals surface area contributed by atoms with Crippen LogP contribution in [0.5, 0.6) is 0 Å². The van der Waals surface area contributed by atoms with Gasteiger partial charge in [0.1, 0.15) is 6.33 Å². The van der Waals surface area contributed by atoms with Crippen molar-refractivity contribution in [1.82, 2.24) is 25.0 Å². The van der Waals surface area contributed by atoms with Crippen molar-refractivity contribution < 1.29 is 23.1 Å². The fourth-order valence-corrected chi connectivity index (χ4v) is 5.74. The monoisotopic (exact) mass is 409 g/mol. The van der Waals surface area contributed by atoms with Gasteiger partial charge in [-0.05, 0) is 31.1 Å². The maximum atomic E-state index is 13.9. The molecule has 2 amide bonds. The second-order valence-electron chi connectivity index (χ2n) is 8.91. The van der Waals surface area contributed by atoms with E-state index in [9.17, 15) is 18.4 Å². The summed E-state index contributed by atoms with van der Waals surface area (Å²) >= 11 is 0. The van der Waals surface area contributed by atoms with Gasteiger partial charge in [0.05, 0.1) is 12.5 Å². The quantitative estimate of drug-likeness (QED) is 0.796. The topological polar surface area (TPSA) is 91.4 Å². The minimum absolute atomic E-state index is 0.0392. The van der Waals surface area contributed by atoms with E-state index < -0.39 is 11.8 Å². The van der Waals surface area contributed by atoms with Crippen LogP contribution in [0.25, 0.3) is 0 Å². The van der Waals surface area contributed by atoms with Gasteiger partial charge in [0.15, 0.2) is 0 Å². The number of hydrogen-bond donors (Lipinski definition) is 1. The van der Waals surface area contributed by atoms with Gasteiger partial charge in [-0.15, -0.1) is 0 Å². The summed E-state index contributed by atoms with van der Waals surface area (Å²) in [4.78, 5) is 33.3. The molecule has 1 aromatic rings. The standard InChI is InChI=1S/C19H25F2N5O3/c20-19(21)8-13-7-12(19)9-26(13)16(27)14-10-29-6-3-18(14)1-4-25(5-2-18)17(28)15-22-11-23-24-15/h11-14H,1-10H2,(H,22,23,24)/t12-,13+,14+/m1/s1. The van der Waals surface area contributed by atoms with E-state index in [0.29, 0.717) is 45.6 Å². The molecule has 2 bridgehead atoms. The number of aromatic nitrogens is 3. The minimum atomic E-state index is -2.64. The summed E-state index contributed by atoms with van der Waals surface area (Å²) in [7, 11) is 0. The molecule has 8 nitrogen and oxygen atoms in total. The van der Waals surface area contributed by atoms with Crippen molar-refractivity contribution in [3.8, 4) is 0 Å². The first-order chi connectivity index (χ1) is 13.9. The number of aromatic amines is 1. The number of nitrogens with zero attached hydrogens (tertiary/aromatic N) is 4. The molecule has 1 N–H and O–H groups in total. The van der Waals surface area contributed by atoms with Gasteiger partial charge in [-0.3, -0.25) is 14.7 Å². The predicted octanol–water partition coefficient (Wildman–Crippen LogP) is 1.32. The van der Waals surface area contributed by atoms with Crippen molar-refractivity contribution >= 4 is 11.8 Å². The highest BCUT2D eigenvalue weighted by Gasteiger charge is 2.59. The smallest absolute Gasteiger partial charge is 0.291 e. The van der Waals surface area contributed by atoms with E-state index in [4.69, 9.17) is 4.74 Å². The lowest BCUT2D eigenvalue weighted by Crippen LogP contribution is -2.56. The normalized spacial score (nSPS) is 32.7. The van der Waals surface area contributed by atoms with E-state index in [0.717, 1.165) is 6.42 Å². The zero-order valence-corrected chi connectivity index (χ0v) is 16.1. The van der Waals surface area contributed by atoms with E-state index in [1.807, 2.05) is 0 Å². The molecule has 3 aliphatic heterocycles. The van der Waals surface area contributed by atoms with Gasteiger partial charge in [-0.25, -0.2) is 13.8 Å². The maximum Gasteiger partial charge on any atom is 0.291 e. The molecule has 3 atom stereocenters. The minimum Gasteiger partial charge on any atom is -0.381 e. The van der Waals surface area contributed by atoms with Gasteiger partial charge in [0.2, 0.25) is 11.7 Å². The molecular formula is C19H25F2N5O3. The molecule has 29 heavy (non-hydrogen) atoms. The molecule has 4 heterocycles. The van der Waals surface area contributed by atoms with Crippen molar-refractivity contribution in [2.45, 2.75) is 44.1 Å². The van der Waals surface area contributed by atoms with Crippen molar-refractivity contribution in [3.63, 3.8) is 0 Å². The van der Waals surface area contributed by atoms with Gasteiger partial charge in [-0.1, -0.05) is 0 Å². The third-order valence-electron chi connectivity index (χ3n) is 7.53. The molecule has 0 radical (unpaired) electrons. The molecule has 0 unspecified atom stereocenters. The fourth-order valence-electron chi connectivity index (χ4n) is 5.74. The highest BCUT2D eigenvalue weighted by molar-refractivity contribution is 5.90. The number of rotatable bonds is 2. The highest BCUT2D eigenvalue weighted by atomic mass is 19.3. The van der Waals surface area contributed by atoms with Gasteiger partial charge in [-0.2, -0.15) is 5.10 Å². The van der Waals surface area contributed by atoms with Gasteiger partial charge in [0.25, 0.3) is 11.8 Å². The second kappa shape index (κ2) is 6.72. The van der Waals surface area contributed by atoms with Crippen molar-refractivity contribution in [1.29, 1.82) is 0 Å². The molecule has 1 aliphatic carbocycles. The number of alkyl halides is 2.